The van der Waals surface area contributed by atoms with Crippen molar-refractivity contribution in [1.29, 1.82) is 0 Å². The molecule has 21 heavy (non-hydrogen) atoms. The molecule has 0 radical (unpaired) electrons. The molecule has 2 aromatic heterocycles. The number of pyridine rings is 1. The van der Waals surface area contributed by atoms with Gasteiger partial charge in [-0.05, 0) is 12.1 Å². The van der Waals surface area contributed by atoms with E-state index in [0.717, 1.165) is 0 Å². The summed E-state index contributed by atoms with van der Waals surface area (Å²) in [6, 6.07) is 5.25. The molecule has 5 nitrogen and oxygen atoms in total. The summed E-state index contributed by atoms with van der Waals surface area (Å²) in [4.78, 5) is 15.9. The first-order valence-corrected chi connectivity index (χ1v) is 6.87. The Labute approximate surface area is 128 Å². The second-order valence-corrected chi connectivity index (χ2v) is 5.94. The minimum absolute atomic E-state index is 0.211. The maximum absolute atomic E-state index is 12.0. The number of carbonyl (C=O) groups is 1. The first-order chi connectivity index (χ1) is 9.88. The SMILES string of the molecule is CC(C)(Cn1cccc1)C(O)C(=O)Oc1cncc(Cl)c1. The van der Waals surface area contributed by atoms with Gasteiger partial charge in [0.2, 0.25) is 0 Å². The third-order valence-electron chi connectivity index (χ3n) is 3.12. The van der Waals surface area contributed by atoms with Crippen LogP contribution in [-0.4, -0.2) is 26.7 Å². The minimum atomic E-state index is -1.26. The second kappa shape index (κ2) is 6.28. The highest BCUT2D eigenvalue weighted by atomic mass is 35.5. The Hall–Kier alpha value is -1.85. The van der Waals surface area contributed by atoms with Crippen molar-refractivity contribution in [3.8, 4) is 5.75 Å². The van der Waals surface area contributed by atoms with Gasteiger partial charge in [-0.15, -0.1) is 0 Å². The van der Waals surface area contributed by atoms with Gasteiger partial charge in [0.25, 0.3) is 0 Å². The number of rotatable bonds is 5. The molecule has 2 aromatic rings. The van der Waals surface area contributed by atoms with Crippen molar-refractivity contribution < 1.29 is 14.6 Å². The van der Waals surface area contributed by atoms with Crippen molar-refractivity contribution in [2.75, 3.05) is 0 Å². The van der Waals surface area contributed by atoms with Crippen LogP contribution < -0.4 is 4.74 Å². The highest BCUT2D eigenvalue weighted by Crippen LogP contribution is 2.25. The molecule has 0 fully saturated rings. The van der Waals surface area contributed by atoms with Crippen molar-refractivity contribution in [2.45, 2.75) is 26.5 Å². The van der Waals surface area contributed by atoms with Crippen LogP contribution in [0.2, 0.25) is 5.02 Å². The number of ether oxygens (including phenoxy) is 1. The molecular formula is C15H17ClN2O3. The fourth-order valence-corrected chi connectivity index (χ4v) is 2.14. The van der Waals surface area contributed by atoms with Gasteiger partial charge in [0.15, 0.2) is 11.9 Å². The highest BCUT2D eigenvalue weighted by molar-refractivity contribution is 6.30. The third-order valence-corrected chi connectivity index (χ3v) is 3.32. The van der Waals surface area contributed by atoms with Gasteiger partial charge < -0.3 is 14.4 Å². The number of aromatic nitrogens is 2. The quantitative estimate of drug-likeness (QED) is 0.862. The summed E-state index contributed by atoms with van der Waals surface area (Å²) in [6.45, 7) is 4.09. The molecule has 6 heteroatoms. The van der Waals surface area contributed by atoms with Crippen molar-refractivity contribution >= 4 is 17.6 Å². The van der Waals surface area contributed by atoms with Gasteiger partial charge in [0.05, 0.1) is 11.2 Å². The Morgan fingerprint density at radius 3 is 2.71 bits per heavy atom. The van der Waals surface area contributed by atoms with Gasteiger partial charge in [-0.2, -0.15) is 0 Å². The lowest BCUT2D eigenvalue weighted by atomic mass is 9.86. The highest BCUT2D eigenvalue weighted by Gasteiger charge is 2.35. The van der Waals surface area contributed by atoms with Crippen LogP contribution in [0.4, 0.5) is 0 Å². The molecule has 0 saturated heterocycles. The van der Waals surface area contributed by atoms with Crippen LogP contribution in [-0.2, 0) is 11.3 Å². The number of hydrogen-bond donors (Lipinski definition) is 1. The molecule has 2 heterocycles. The minimum Gasteiger partial charge on any atom is -0.423 e. The summed E-state index contributed by atoms with van der Waals surface area (Å²) in [7, 11) is 0. The normalized spacial score (nSPS) is 13.0. The number of nitrogens with zero attached hydrogens (tertiary/aromatic N) is 2. The van der Waals surface area contributed by atoms with E-state index in [1.54, 1.807) is 13.8 Å². The van der Waals surface area contributed by atoms with Gasteiger partial charge in [-0.3, -0.25) is 4.98 Å². The molecule has 0 aliphatic carbocycles. The zero-order valence-corrected chi connectivity index (χ0v) is 12.6. The number of aliphatic hydroxyl groups excluding tert-OH is 1. The summed E-state index contributed by atoms with van der Waals surface area (Å²) < 4.78 is 7.02. The van der Waals surface area contributed by atoms with Gasteiger partial charge in [-0.25, -0.2) is 4.79 Å². The summed E-state index contributed by atoms with van der Waals surface area (Å²) in [5.41, 5.74) is -0.678. The van der Waals surface area contributed by atoms with Gasteiger partial charge in [0, 0.05) is 36.6 Å². The molecule has 1 unspecified atom stereocenters. The van der Waals surface area contributed by atoms with E-state index in [1.165, 1.54) is 18.5 Å². The summed E-state index contributed by atoms with van der Waals surface area (Å²) >= 11 is 5.77. The van der Waals surface area contributed by atoms with Gasteiger partial charge in [0.1, 0.15) is 0 Å². The van der Waals surface area contributed by atoms with E-state index in [0.29, 0.717) is 11.6 Å². The summed E-state index contributed by atoms with van der Waals surface area (Å²) in [6.07, 6.45) is 5.29. The van der Waals surface area contributed by atoms with Crippen LogP contribution in [0.15, 0.2) is 43.0 Å². The molecule has 0 spiro atoms. The second-order valence-electron chi connectivity index (χ2n) is 5.51. The lowest BCUT2D eigenvalue weighted by Gasteiger charge is -2.29. The number of esters is 1. The first kappa shape index (κ1) is 15.5. The average molecular weight is 309 g/mol. The predicted octanol–water partition coefficient (Wildman–Crippen LogP) is 2.53. The third kappa shape index (κ3) is 4.06. The Kier molecular flexibility index (Phi) is 4.65. The van der Waals surface area contributed by atoms with E-state index in [-0.39, 0.29) is 5.75 Å². The molecule has 0 saturated carbocycles. The van der Waals surface area contributed by atoms with E-state index in [4.69, 9.17) is 16.3 Å². The van der Waals surface area contributed by atoms with Gasteiger partial charge in [-0.1, -0.05) is 25.4 Å². The average Bonchev–Trinajstić information content (AvgIpc) is 2.89. The van der Waals surface area contributed by atoms with Crippen LogP contribution >= 0.6 is 11.6 Å². The van der Waals surface area contributed by atoms with Crippen LogP contribution in [0, 0.1) is 5.41 Å². The maximum Gasteiger partial charge on any atom is 0.341 e. The Morgan fingerprint density at radius 2 is 2.10 bits per heavy atom. The molecule has 1 atom stereocenters. The Balaban J connectivity index is 2.04. The largest absolute Gasteiger partial charge is 0.423 e. The van der Waals surface area contributed by atoms with E-state index in [1.807, 2.05) is 29.1 Å². The number of halogens is 1. The fraction of sp³-hybridized carbons (Fsp3) is 0.333. The lowest BCUT2D eigenvalue weighted by Crippen LogP contribution is -2.41. The molecule has 1 N–H and O–H groups in total. The van der Waals surface area contributed by atoms with Crippen molar-refractivity contribution in [2.24, 2.45) is 5.41 Å². The molecule has 0 aliphatic rings. The summed E-state index contributed by atoms with van der Waals surface area (Å²) in [5, 5.41) is 10.6. The van der Waals surface area contributed by atoms with E-state index >= 15 is 0 Å². The zero-order valence-electron chi connectivity index (χ0n) is 11.9. The molecular weight excluding hydrogens is 292 g/mol. The molecule has 0 aromatic carbocycles. The maximum atomic E-state index is 12.0. The van der Waals surface area contributed by atoms with Crippen LogP contribution in [0.25, 0.3) is 0 Å². The fourth-order valence-electron chi connectivity index (χ4n) is 1.97. The van der Waals surface area contributed by atoms with Crippen LogP contribution in [0.1, 0.15) is 13.8 Å². The molecule has 0 bridgehead atoms. The van der Waals surface area contributed by atoms with Crippen molar-refractivity contribution in [3.05, 3.63) is 48.0 Å². The topological polar surface area (TPSA) is 64.4 Å². The van der Waals surface area contributed by atoms with E-state index in [2.05, 4.69) is 4.98 Å². The standard InChI is InChI=1S/C15H17ClN2O3/c1-15(2,10-18-5-3-4-6-18)13(19)14(20)21-12-7-11(16)8-17-9-12/h3-9,13,19H,10H2,1-2H3. The Bertz CT molecular complexity index is 611. The Morgan fingerprint density at radius 1 is 1.43 bits per heavy atom. The number of hydrogen-bond acceptors (Lipinski definition) is 4. The lowest BCUT2D eigenvalue weighted by molar-refractivity contribution is -0.150. The first-order valence-electron chi connectivity index (χ1n) is 6.49. The van der Waals surface area contributed by atoms with Crippen LogP contribution in [0.3, 0.4) is 0 Å². The smallest absolute Gasteiger partial charge is 0.341 e. The zero-order chi connectivity index (χ0) is 15.5. The monoisotopic (exact) mass is 308 g/mol. The predicted molar refractivity (Wildman–Crippen MR) is 79.1 cm³/mol. The van der Waals surface area contributed by atoms with Gasteiger partial charge >= 0.3 is 5.97 Å². The number of carbonyl (C=O) groups excluding carboxylic acids is 1. The molecule has 0 amide bonds. The molecule has 112 valence electrons. The van der Waals surface area contributed by atoms with E-state index in [9.17, 15) is 9.90 Å². The summed E-state index contributed by atoms with van der Waals surface area (Å²) in [5.74, 6) is -0.514. The van der Waals surface area contributed by atoms with E-state index < -0.39 is 17.5 Å². The molecule has 2 rings (SSSR count). The van der Waals surface area contributed by atoms with Crippen molar-refractivity contribution in [1.82, 2.24) is 9.55 Å². The number of aliphatic hydroxyl groups is 1. The van der Waals surface area contributed by atoms with Crippen molar-refractivity contribution in [3.63, 3.8) is 0 Å². The van der Waals surface area contributed by atoms with Crippen LogP contribution in [0.5, 0.6) is 5.75 Å². The molecule has 0 aliphatic heterocycles.